The van der Waals surface area contributed by atoms with Crippen LogP contribution < -0.4 is 5.73 Å². The molecule has 0 saturated carbocycles. The smallest absolute Gasteiger partial charge is 0.211 e. The molecule has 0 atom stereocenters. The summed E-state index contributed by atoms with van der Waals surface area (Å²) < 4.78 is 1.64. The Morgan fingerprint density at radius 1 is 1.62 bits per heavy atom. The summed E-state index contributed by atoms with van der Waals surface area (Å²) in [6.45, 7) is 2.35. The Bertz CT molecular complexity index is 404. The maximum Gasteiger partial charge on any atom is 0.211 e. The molecule has 2 heterocycles. The van der Waals surface area contributed by atoms with Crippen LogP contribution in [-0.4, -0.2) is 20.0 Å². The van der Waals surface area contributed by atoms with Gasteiger partial charge in [-0.3, -0.25) is 0 Å². The molecule has 0 radical (unpaired) electrons. The molecule has 0 bridgehead atoms. The largest absolute Gasteiger partial charge is 0.325 e. The second-order valence-electron chi connectivity index (χ2n) is 2.63. The number of thiazole rings is 1. The van der Waals surface area contributed by atoms with Gasteiger partial charge < -0.3 is 5.73 Å². The highest BCUT2D eigenvalue weighted by molar-refractivity contribution is 7.12. The van der Waals surface area contributed by atoms with Gasteiger partial charge in [-0.15, -0.1) is 16.4 Å². The van der Waals surface area contributed by atoms with E-state index < -0.39 is 0 Å². The Hall–Kier alpha value is -1.27. The van der Waals surface area contributed by atoms with Crippen LogP contribution in [0.15, 0.2) is 11.6 Å². The van der Waals surface area contributed by atoms with E-state index in [1.807, 2.05) is 12.3 Å². The van der Waals surface area contributed by atoms with E-state index in [9.17, 15) is 0 Å². The summed E-state index contributed by atoms with van der Waals surface area (Å²) in [5, 5.41) is 10.6. The summed E-state index contributed by atoms with van der Waals surface area (Å²) >= 11 is 1.53. The minimum Gasteiger partial charge on any atom is -0.325 e. The van der Waals surface area contributed by atoms with Crippen LogP contribution in [-0.2, 0) is 6.54 Å². The van der Waals surface area contributed by atoms with Crippen molar-refractivity contribution in [2.75, 3.05) is 0 Å². The molecule has 6 heteroatoms. The van der Waals surface area contributed by atoms with Gasteiger partial charge in [-0.2, -0.15) is 4.68 Å². The Morgan fingerprint density at radius 3 is 3.00 bits per heavy atom. The number of aromatic nitrogens is 4. The van der Waals surface area contributed by atoms with Crippen molar-refractivity contribution in [3.8, 4) is 5.13 Å². The molecule has 0 saturated heterocycles. The van der Waals surface area contributed by atoms with Crippen molar-refractivity contribution in [1.29, 1.82) is 0 Å². The standard InChI is InChI=1S/C7H9N5S/c1-5-4-13-7(9-5)12-3-6(2-8)10-11-12/h3-4H,2,8H2,1H3. The van der Waals surface area contributed by atoms with Crippen molar-refractivity contribution in [2.24, 2.45) is 5.73 Å². The van der Waals surface area contributed by atoms with Gasteiger partial charge in [-0.05, 0) is 6.92 Å². The average molecular weight is 195 g/mol. The van der Waals surface area contributed by atoms with E-state index in [2.05, 4.69) is 15.3 Å². The highest BCUT2D eigenvalue weighted by Crippen LogP contribution is 2.12. The summed E-state index contributed by atoms with van der Waals surface area (Å²) in [5.74, 6) is 0. The average Bonchev–Trinajstić information content (AvgIpc) is 2.71. The van der Waals surface area contributed by atoms with Crippen molar-refractivity contribution in [1.82, 2.24) is 20.0 Å². The van der Waals surface area contributed by atoms with Crippen molar-refractivity contribution in [2.45, 2.75) is 13.5 Å². The quantitative estimate of drug-likeness (QED) is 0.757. The maximum absolute atomic E-state index is 5.41. The molecular formula is C7H9N5S. The van der Waals surface area contributed by atoms with Gasteiger partial charge in [0.05, 0.1) is 17.6 Å². The maximum atomic E-state index is 5.41. The molecule has 0 aliphatic carbocycles. The van der Waals surface area contributed by atoms with E-state index in [1.54, 1.807) is 10.9 Å². The summed E-state index contributed by atoms with van der Waals surface area (Å²) in [4.78, 5) is 4.27. The summed E-state index contributed by atoms with van der Waals surface area (Å²) in [7, 11) is 0. The predicted octanol–water partition coefficient (Wildman–Crippen LogP) is 0.491. The number of nitrogens with two attached hydrogens (primary N) is 1. The van der Waals surface area contributed by atoms with Crippen LogP contribution in [0.3, 0.4) is 0 Å². The van der Waals surface area contributed by atoms with Gasteiger partial charge in [-0.1, -0.05) is 5.21 Å². The van der Waals surface area contributed by atoms with Gasteiger partial charge in [0.25, 0.3) is 0 Å². The zero-order chi connectivity index (χ0) is 9.26. The van der Waals surface area contributed by atoms with Gasteiger partial charge in [0, 0.05) is 11.9 Å². The topological polar surface area (TPSA) is 69.6 Å². The lowest BCUT2D eigenvalue weighted by atomic mass is 10.5. The molecule has 13 heavy (non-hydrogen) atoms. The van der Waals surface area contributed by atoms with Crippen LogP contribution in [0.25, 0.3) is 5.13 Å². The molecule has 5 nitrogen and oxygen atoms in total. The molecule has 0 amide bonds. The van der Waals surface area contributed by atoms with E-state index in [1.165, 1.54) is 11.3 Å². The van der Waals surface area contributed by atoms with Crippen molar-refractivity contribution < 1.29 is 0 Å². The first-order valence-corrected chi connectivity index (χ1v) is 4.71. The fraction of sp³-hybridized carbons (Fsp3) is 0.286. The predicted molar refractivity (Wildman–Crippen MR) is 49.7 cm³/mol. The van der Waals surface area contributed by atoms with Crippen molar-refractivity contribution in [3.63, 3.8) is 0 Å². The third-order valence-electron chi connectivity index (χ3n) is 1.55. The Morgan fingerprint density at radius 2 is 2.46 bits per heavy atom. The number of hydrogen-bond acceptors (Lipinski definition) is 5. The zero-order valence-corrected chi connectivity index (χ0v) is 7.95. The van der Waals surface area contributed by atoms with Crippen LogP contribution in [0.1, 0.15) is 11.4 Å². The second kappa shape index (κ2) is 3.23. The highest BCUT2D eigenvalue weighted by atomic mass is 32.1. The Balaban J connectivity index is 2.35. The minimum absolute atomic E-state index is 0.407. The molecule has 2 N–H and O–H groups in total. The molecule has 0 aromatic carbocycles. The molecule has 0 aliphatic heterocycles. The number of aryl methyl sites for hydroxylation is 1. The number of nitrogens with zero attached hydrogens (tertiary/aromatic N) is 4. The van der Waals surface area contributed by atoms with Gasteiger partial charge in [0.1, 0.15) is 0 Å². The molecule has 0 spiro atoms. The van der Waals surface area contributed by atoms with Gasteiger partial charge >= 0.3 is 0 Å². The molecule has 2 rings (SSSR count). The first-order chi connectivity index (χ1) is 6.29. The van der Waals surface area contributed by atoms with Crippen LogP contribution in [0.4, 0.5) is 0 Å². The molecule has 0 unspecified atom stereocenters. The fourth-order valence-corrected chi connectivity index (χ4v) is 1.65. The normalized spacial score (nSPS) is 10.6. The van der Waals surface area contributed by atoms with E-state index in [0.717, 1.165) is 16.5 Å². The highest BCUT2D eigenvalue weighted by Gasteiger charge is 2.03. The number of rotatable bonds is 2. The SMILES string of the molecule is Cc1csc(-n2cc(CN)nn2)n1. The summed E-state index contributed by atoms with van der Waals surface area (Å²) in [5.41, 5.74) is 7.18. The lowest BCUT2D eigenvalue weighted by molar-refractivity contribution is 0.789. The molecule has 2 aromatic heterocycles. The molecule has 68 valence electrons. The molecular weight excluding hydrogens is 186 g/mol. The third-order valence-corrected chi connectivity index (χ3v) is 2.50. The lowest BCUT2D eigenvalue weighted by Crippen LogP contribution is -1.95. The Kier molecular flexibility index (Phi) is 2.07. The van der Waals surface area contributed by atoms with E-state index in [-0.39, 0.29) is 0 Å². The van der Waals surface area contributed by atoms with E-state index in [4.69, 9.17) is 5.73 Å². The first-order valence-electron chi connectivity index (χ1n) is 3.83. The van der Waals surface area contributed by atoms with E-state index in [0.29, 0.717) is 6.54 Å². The zero-order valence-electron chi connectivity index (χ0n) is 7.14. The fourth-order valence-electron chi connectivity index (χ4n) is 0.932. The molecule has 0 aliphatic rings. The van der Waals surface area contributed by atoms with Gasteiger partial charge in [0.2, 0.25) is 5.13 Å². The van der Waals surface area contributed by atoms with Crippen LogP contribution in [0.5, 0.6) is 0 Å². The molecule has 0 fully saturated rings. The second-order valence-corrected chi connectivity index (χ2v) is 3.47. The Labute approximate surface area is 79.2 Å². The summed E-state index contributed by atoms with van der Waals surface area (Å²) in [6.07, 6.45) is 1.79. The van der Waals surface area contributed by atoms with E-state index >= 15 is 0 Å². The van der Waals surface area contributed by atoms with Gasteiger partial charge in [-0.25, -0.2) is 4.98 Å². The van der Waals surface area contributed by atoms with Crippen LogP contribution in [0.2, 0.25) is 0 Å². The first kappa shape index (κ1) is 8.33. The van der Waals surface area contributed by atoms with Crippen molar-refractivity contribution in [3.05, 3.63) is 23.0 Å². The minimum atomic E-state index is 0.407. The van der Waals surface area contributed by atoms with Gasteiger partial charge in [0.15, 0.2) is 0 Å². The van der Waals surface area contributed by atoms with Crippen LogP contribution >= 0.6 is 11.3 Å². The monoisotopic (exact) mass is 195 g/mol. The number of hydrogen-bond donors (Lipinski definition) is 1. The summed E-state index contributed by atoms with van der Waals surface area (Å²) in [6, 6.07) is 0. The van der Waals surface area contributed by atoms with Crippen LogP contribution in [0, 0.1) is 6.92 Å². The lowest BCUT2D eigenvalue weighted by Gasteiger charge is -1.89. The van der Waals surface area contributed by atoms with Crippen molar-refractivity contribution >= 4 is 11.3 Å². The molecule has 2 aromatic rings. The third kappa shape index (κ3) is 1.58.